The van der Waals surface area contributed by atoms with Gasteiger partial charge in [0.25, 0.3) is 5.91 Å². The highest BCUT2D eigenvalue weighted by Gasteiger charge is 2.35. The van der Waals surface area contributed by atoms with Gasteiger partial charge in [0, 0.05) is 19.2 Å². The average Bonchev–Trinajstić information content (AvgIpc) is 2.74. The number of hydrogen-bond donors (Lipinski definition) is 1. The Morgan fingerprint density at radius 2 is 1.81 bits per heavy atom. The van der Waals surface area contributed by atoms with Crippen LogP contribution in [0.5, 0.6) is 0 Å². The van der Waals surface area contributed by atoms with Gasteiger partial charge in [0.05, 0.1) is 0 Å². The average molecular weight is 303 g/mol. The standard InChI is InChI=1S/C14H20F3N3O/c1-20-12(14(15,16)17)9-11(19-20)13(21)18-10-7-5-3-2-4-6-8-10/h9-10H,2-8H2,1H3,(H,18,21). The Kier molecular flexibility index (Phi) is 4.90. The van der Waals surface area contributed by atoms with Gasteiger partial charge in [0.2, 0.25) is 0 Å². The lowest BCUT2D eigenvalue weighted by atomic mass is 9.96. The Balaban J connectivity index is 2.02. The minimum Gasteiger partial charge on any atom is -0.348 e. The van der Waals surface area contributed by atoms with E-state index in [1.165, 1.54) is 13.5 Å². The topological polar surface area (TPSA) is 46.9 Å². The maximum absolute atomic E-state index is 12.7. The second kappa shape index (κ2) is 6.49. The second-order valence-electron chi connectivity index (χ2n) is 5.55. The van der Waals surface area contributed by atoms with Crippen molar-refractivity contribution in [3.8, 4) is 0 Å². The normalized spacial score (nSPS) is 18.1. The summed E-state index contributed by atoms with van der Waals surface area (Å²) in [4.78, 5) is 12.0. The van der Waals surface area contributed by atoms with Crippen molar-refractivity contribution in [3.63, 3.8) is 0 Å². The Bertz CT molecular complexity index is 488. The predicted octanol–water partition coefficient (Wildman–Crippen LogP) is 3.28. The molecule has 1 aliphatic rings. The molecule has 0 spiro atoms. The summed E-state index contributed by atoms with van der Waals surface area (Å²) in [5.41, 5.74) is -1.09. The summed E-state index contributed by atoms with van der Waals surface area (Å²) in [5, 5.41) is 6.48. The highest BCUT2D eigenvalue weighted by atomic mass is 19.4. The molecule has 0 atom stereocenters. The van der Waals surface area contributed by atoms with E-state index in [-0.39, 0.29) is 11.7 Å². The number of carbonyl (C=O) groups is 1. The number of carbonyl (C=O) groups excluding carboxylic acids is 1. The monoisotopic (exact) mass is 303 g/mol. The first-order chi connectivity index (χ1) is 9.88. The first-order valence-electron chi connectivity index (χ1n) is 7.30. The van der Waals surface area contributed by atoms with E-state index in [1.54, 1.807) is 0 Å². The van der Waals surface area contributed by atoms with Crippen molar-refractivity contribution in [2.45, 2.75) is 57.2 Å². The number of nitrogens with one attached hydrogen (secondary N) is 1. The van der Waals surface area contributed by atoms with Gasteiger partial charge >= 0.3 is 6.18 Å². The Labute approximate surface area is 121 Å². The summed E-state index contributed by atoms with van der Waals surface area (Å²) in [6.07, 6.45) is 2.86. The molecule has 4 nitrogen and oxygen atoms in total. The lowest BCUT2D eigenvalue weighted by Gasteiger charge is -2.20. The fourth-order valence-electron chi connectivity index (χ4n) is 2.70. The van der Waals surface area contributed by atoms with E-state index in [4.69, 9.17) is 0 Å². The molecular weight excluding hydrogens is 283 g/mol. The zero-order valence-corrected chi connectivity index (χ0v) is 12.0. The molecule has 2 rings (SSSR count). The third kappa shape index (κ3) is 4.22. The number of amides is 1. The van der Waals surface area contributed by atoms with Gasteiger partial charge in [-0.15, -0.1) is 0 Å². The van der Waals surface area contributed by atoms with Crippen LogP contribution in [0.15, 0.2) is 6.07 Å². The molecule has 1 saturated carbocycles. The van der Waals surface area contributed by atoms with E-state index in [0.717, 1.165) is 44.6 Å². The highest BCUT2D eigenvalue weighted by molar-refractivity contribution is 5.92. The summed E-state index contributed by atoms with van der Waals surface area (Å²) in [6.45, 7) is 0. The summed E-state index contributed by atoms with van der Waals surface area (Å²) in [5.74, 6) is -0.522. The molecule has 118 valence electrons. The molecule has 1 amide bonds. The van der Waals surface area contributed by atoms with Gasteiger partial charge in [0.1, 0.15) is 5.69 Å². The highest BCUT2D eigenvalue weighted by Crippen LogP contribution is 2.29. The quantitative estimate of drug-likeness (QED) is 0.911. The van der Waals surface area contributed by atoms with Crippen molar-refractivity contribution in [3.05, 3.63) is 17.5 Å². The van der Waals surface area contributed by atoms with Crippen molar-refractivity contribution in [1.29, 1.82) is 0 Å². The van der Waals surface area contributed by atoms with Gasteiger partial charge in [0.15, 0.2) is 5.69 Å². The van der Waals surface area contributed by atoms with Crippen LogP contribution < -0.4 is 5.32 Å². The van der Waals surface area contributed by atoms with Crippen molar-refractivity contribution in [2.75, 3.05) is 0 Å². The molecule has 0 aliphatic heterocycles. The van der Waals surface area contributed by atoms with Gasteiger partial charge < -0.3 is 5.32 Å². The molecule has 1 aliphatic carbocycles. The largest absolute Gasteiger partial charge is 0.433 e. The molecule has 0 aromatic carbocycles. The fourth-order valence-corrected chi connectivity index (χ4v) is 2.70. The number of aryl methyl sites for hydroxylation is 1. The van der Waals surface area contributed by atoms with Crippen molar-refractivity contribution in [1.82, 2.24) is 15.1 Å². The fraction of sp³-hybridized carbons (Fsp3) is 0.714. The number of nitrogens with zero attached hydrogens (tertiary/aromatic N) is 2. The molecule has 0 saturated heterocycles. The van der Waals surface area contributed by atoms with Crippen molar-refractivity contribution < 1.29 is 18.0 Å². The number of alkyl halides is 3. The first kappa shape index (κ1) is 15.9. The van der Waals surface area contributed by atoms with Crippen LogP contribution in [0, 0.1) is 0 Å². The molecule has 1 fully saturated rings. The van der Waals surface area contributed by atoms with E-state index in [9.17, 15) is 18.0 Å². The summed E-state index contributed by atoms with van der Waals surface area (Å²) in [7, 11) is 1.19. The smallest absolute Gasteiger partial charge is 0.348 e. The molecule has 1 heterocycles. The molecule has 1 N–H and O–H groups in total. The third-order valence-corrected chi connectivity index (χ3v) is 3.84. The minimum absolute atomic E-state index is 0.0362. The SMILES string of the molecule is Cn1nc(C(=O)NC2CCCCCCC2)cc1C(F)(F)F. The zero-order valence-electron chi connectivity index (χ0n) is 12.0. The van der Waals surface area contributed by atoms with Crippen LogP contribution in [0.1, 0.15) is 61.1 Å². The Morgan fingerprint density at radius 1 is 1.24 bits per heavy atom. The Morgan fingerprint density at radius 3 is 2.33 bits per heavy atom. The van der Waals surface area contributed by atoms with Crippen LogP contribution >= 0.6 is 0 Å². The lowest BCUT2D eigenvalue weighted by Crippen LogP contribution is -2.35. The van der Waals surface area contributed by atoms with Crippen LogP contribution in [-0.2, 0) is 13.2 Å². The molecule has 0 radical (unpaired) electrons. The maximum atomic E-state index is 12.7. The van der Waals surface area contributed by atoms with Crippen LogP contribution in [0.4, 0.5) is 13.2 Å². The summed E-state index contributed by atoms with van der Waals surface area (Å²) < 4.78 is 38.8. The molecule has 7 heteroatoms. The number of halogens is 3. The van der Waals surface area contributed by atoms with Gasteiger partial charge in [-0.3, -0.25) is 9.48 Å². The lowest BCUT2D eigenvalue weighted by molar-refractivity contribution is -0.143. The van der Waals surface area contributed by atoms with E-state index < -0.39 is 17.8 Å². The number of rotatable bonds is 2. The van der Waals surface area contributed by atoms with E-state index in [0.29, 0.717) is 4.68 Å². The Hall–Kier alpha value is -1.53. The van der Waals surface area contributed by atoms with Gasteiger partial charge in [-0.2, -0.15) is 18.3 Å². The minimum atomic E-state index is -4.50. The van der Waals surface area contributed by atoms with Crippen LogP contribution in [0.3, 0.4) is 0 Å². The number of aromatic nitrogens is 2. The van der Waals surface area contributed by atoms with Gasteiger partial charge in [-0.05, 0) is 12.8 Å². The summed E-state index contributed by atoms with van der Waals surface area (Å²) >= 11 is 0. The molecule has 0 bridgehead atoms. The van der Waals surface area contributed by atoms with Gasteiger partial charge in [-0.1, -0.05) is 32.1 Å². The van der Waals surface area contributed by atoms with Crippen molar-refractivity contribution >= 4 is 5.91 Å². The van der Waals surface area contributed by atoms with Crippen LogP contribution in [-0.4, -0.2) is 21.7 Å². The molecule has 1 aromatic rings. The molecule has 1 aromatic heterocycles. The summed E-state index contributed by atoms with van der Waals surface area (Å²) in [6, 6.07) is 0.840. The maximum Gasteiger partial charge on any atom is 0.433 e. The zero-order chi connectivity index (χ0) is 15.5. The third-order valence-electron chi connectivity index (χ3n) is 3.84. The van der Waals surface area contributed by atoms with E-state index in [2.05, 4.69) is 10.4 Å². The molecular formula is C14H20F3N3O. The first-order valence-corrected chi connectivity index (χ1v) is 7.30. The van der Waals surface area contributed by atoms with E-state index >= 15 is 0 Å². The predicted molar refractivity (Wildman–Crippen MR) is 71.8 cm³/mol. The molecule has 21 heavy (non-hydrogen) atoms. The van der Waals surface area contributed by atoms with Crippen LogP contribution in [0.25, 0.3) is 0 Å². The van der Waals surface area contributed by atoms with Crippen LogP contribution in [0.2, 0.25) is 0 Å². The van der Waals surface area contributed by atoms with Crippen molar-refractivity contribution in [2.24, 2.45) is 7.05 Å². The van der Waals surface area contributed by atoms with E-state index in [1.807, 2.05) is 0 Å². The number of hydrogen-bond acceptors (Lipinski definition) is 2. The van der Waals surface area contributed by atoms with Gasteiger partial charge in [-0.25, -0.2) is 0 Å². The molecule has 0 unspecified atom stereocenters. The second-order valence-corrected chi connectivity index (χ2v) is 5.55.